The van der Waals surface area contributed by atoms with Crippen molar-refractivity contribution in [1.29, 1.82) is 0 Å². The van der Waals surface area contributed by atoms with E-state index >= 15 is 0 Å². The van der Waals surface area contributed by atoms with Gasteiger partial charge in [-0.3, -0.25) is 0 Å². The second-order valence-electron chi connectivity index (χ2n) is 5.16. The number of aromatic nitrogens is 1. The van der Waals surface area contributed by atoms with E-state index in [1.165, 1.54) is 14.1 Å². The van der Waals surface area contributed by atoms with Gasteiger partial charge in [0.15, 0.2) is 0 Å². The van der Waals surface area contributed by atoms with Gasteiger partial charge in [0.05, 0.1) is 5.52 Å². The highest BCUT2D eigenvalue weighted by Crippen LogP contribution is 2.22. The zero-order valence-electron chi connectivity index (χ0n) is 12.7. The van der Waals surface area contributed by atoms with Crippen molar-refractivity contribution in [3.63, 3.8) is 0 Å². The fourth-order valence-corrected chi connectivity index (χ4v) is 2.50. The smallest absolute Gasteiger partial charge is 0.279 e. The fraction of sp³-hybridized carbons (Fsp3) is 0.357. The number of nitrogens with zero attached hydrogens (tertiary/aromatic N) is 3. The van der Waals surface area contributed by atoms with Crippen LogP contribution in [0, 0.1) is 0 Å². The molecule has 0 spiro atoms. The third-order valence-corrected chi connectivity index (χ3v) is 4.64. The average molecular weight is 308 g/mol. The van der Waals surface area contributed by atoms with Crippen LogP contribution in [0.1, 0.15) is 5.56 Å². The molecule has 0 aliphatic carbocycles. The van der Waals surface area contributed by atoms with E-state index in [2.05, 4.69) is 9.71 Å². The van der Waals surface area contributed by atoms with Crippen LogP contribution < -0.4 is 9.62 Å². The first-order valence-corrected chi connectivity index (χ1v) is 7.98. The molecule has 1 aromatic heterocycles. The van der Waals surface area contributed by atoms with Gasteiger partial charge in [0.25, 0.3) is 10.2 Å². The Morgan fingerprint density at radius 3 is 2.43 bits per heavy atom. The van der Waals surface area contributed by atoms with Gasteiger partial charge in [-0.2, -0.15) is 17.4 Å². The molecule has 0 amide bonds. The van der Waals surface area contributed by atoms with Gasteiger partial charge in [-0.1, -0.05) is 18.2 Å². The van der Waals surface area contributed by atoms with Gasteiger partial charge < -0.3 is 4.90 Å². The molecule has 0 unspecified atom stereocenters. The zero-order valence-corrected chi connectivity index (χ0v) is 13.5. The number of para-hydroxylation sites is 1. The van der Waals surface area contributed by atoms with Crippen molar-refractivity contribution >= 4 is 26.9 Å². The lowest BCUT2D eigenvalue weighted by molar-refractivity contribution is 0.505. The van der Waals surface area contributed by atoms with Crippen LogP contribution in [-0.4, -0.2) is 45.9 Å². The van der Waals surface area contributed by atoms with Gasteiger partial charge in [-0.15, -0.1) is 0 Å². The number of nitrogens with one attached hydrogen (secondary N) is 1. The predicted octanol–water partition coefficient (Wildman–Crippen LogP) is 1.20. The van der Waals surface area contributed by atoms with Crippen LogP contribution in [-0.2, 0) is 16.8 Å². The summed E-state index contributed by atoms with van der Waals surface area (Å²) in [6.07, 6.45) is 0. The van der Waals surface area contributed by atoms with E-state index in [4.69, 9.17) is 0 Å². The van der Waals surface area contributed by atoms with Crippen molar-refractivity contribution in [3.05, 3.63) is 35.9 Å². The second kappa shape index (κ2) is 5.97. The fourth-order valence-electron chi connectivity index (χ4n) is 1.91. The number of benzene rings is 1. The summed E-state index contributed by atoms with van der Waals surface area (Å²) in [6, 6.07) is 9.61. The summed E-state index contributed by atoms with van der Waals surface area (Å²) in [7, 11) is 3.36. The molecular weight excluding hydrogens is 288 g/mol. The maximum atomic E-state index is 11.8. The highest BCUT2D eigenvalue weighted by Gasteiger charge is 2.14. The number of rotatable bonds is 5. The van der Waals surface area contributed by atoms with Crippen LogP contribution in [0.25, 0.3) is 10.9 Å². The molecule has 0 aliphatic heterocycles. The zero-order chi connectivity index (χ0) is 15.6. The summed E-state index contributed by atoms with van der Waals surface area (Å²) in [5.41, 5.74) is 1.75. The standard InChI is InChI=1S/C14H20N4O2S/c1-17(2)14-9-11(10-15-21(19,20)18(3)4)12-7-5-6-8-13(12)16-14/h5-9,15H,10H2,1-4H3. The minimum absolute atomic E-state index is 0.227. The average Bonchev–Trinajstić information content (AvgIpc) is 2.44. The Bertz CT molecular complexity index is 742. The molecule has 1 heterocycles. The minimum atomic E-state index is -3.45. The number of hydrogen-bond acceptors (Lipinski definition) is 4. The molecule has 1 aromatic carbocycles. The third-order valence-electron chi connectivity index (χ3n) is 3.17. The quantitative estimate of drug-likeness (QED) is 0.901. The lowest BCUT2D eigenvalue weighted by Gasteiger charge is -2.16. The Morgan fingerprint density at radius 2 is 1.81 bits per heavy atom. The molecule has 1 N–H and O–H groups in total. The Morgan fingerprint density at radius 1 is 1.14 bits per heavy atom. The largest absolute Gasteiger partial charge is 0.363 e. The van der Waals surface area contributed by atoms with Crippen LogP contribution in [0.5, 0.6) is 0 Å². The van der Waals surface area contributed by atoms with Crippen molar-refractivity contribution in [1.82, 2.24) is 14.0 Å². The van der Waals surface area contributed by atoms with Gasteiger partial charge in [-0.25, -0.2) is 4.98 Å². The number of fused-ring (bicyclic) bond motifs is 1. The lowest BCUT2D eigenvalue weighted by atomic mass is 10.1. The van der Waals surface area contributed by atoms with Crippen LogP contribution >= 0.6 is 0 Å². The molecule has 0 saturated heterocycles. The molecular formula is C14H20N4O2S. The molecule has 2 aromatic rings. The molecule has 0 radical (unpaired) electrons. The van der Waals surface area contributed by atoms with E-state index < -0.39 is 10.2 Å². The van der Waals surface area contributed by atoms with Crippen LogP contribution in [0.3, 0.4) is 0 Å². The first-order chi connectivity index (χ1) is 9.81. The summed E-state index contributed by atoms with van der Waals surface area (Å²) in [4.78, 5) is 6.45. The molecule has 114 valence electrons. The topological polar surface area (TPSA) is 65.5 Å². The maximum Gasteiger partial charge on any atom is 0.279 e. The second-order valence-corrected chi connectivity index (χ2v) is 7.13. The molecule has 21 heavy (non-hydrogen) atoms. The molecule has 2 rings (SSSR count). The van der Waals surface area contributed by atoms with Crippen LogP contribution in [0.4, 0.5) is 5.82 Å². The normalized spacial score (nSPS) is 12.0. The van der Waals surface area contributed by atoms with Gasteiger partial charge in [0.1, 0.15) is 5.82 Å². The SMILES string of the molecule is CN(C)c1cc(CNS(=O)(=O)N(C)C)c2ccccc2n1. The maximum absolute atomic E-state index is 11.8. The van der Waals surface area contributed by atoms with E-state index in [0.717, 1.165) is 26.6 Å². The van der Waals surface area contributed by atoms with Crippen molar-refractivity contribution in [2.24, 2.45) is 0 Å². The van der Waals surface area contributed by atoms with Gasteiger partial charge in [0, 0.05) is 40.1 Å². The minimum Gasteiger partial charge on any atom is -0.363 e. The van der Waals surface area contributed by atoms with Crippen LogP contribution in [0.2, 0.25) is 0 Å². The number of hydrogen-bond donors (Lipinski definition) is 1. The van der Waals surface area contributed by atoms with Crippen LogP contribution in [0.15, 0.2) is 30.3 Å². The molecule has 0 bridgehead atoms. The van der Waals surface area contributed by atoms with Crippen molar-refractivity contribution < 1.29 is 8.42 Å². The Labute approximate surface area is 125 Å². The highest BCUT2D eigenvalue weighted by atomic mass is 32.2. The highest BCUT2D eigenvalue weighted by molar-refractivity contribution is 7.87. The van der Waals surface area contributed by atoms with Gasteiger partial charge in [-0.05, 0) is 17.7 Å². The number of pyridine rings is 1. The van der Waals surface area contributed by atoms with Crippen molar-refractivity contribution in [2.75, 3.05) is 33.1 Å². The van der Waals surface area contributed by atoms with E-state index in [0.29, 0.717) is 0 Å². The predicted molar refractivity (Wildman–Crippen MR) is 85.5 cm³/mol. The summed E-state index contributed by atoms with van der Waals surface area (Å²) >= 11 is 0. The van der Waals surface area contributed by atoms with Crippen molar-refractivity contribution in [3.8, 4) is 0 Å². The van der Waals surface area contributed by atoms with Gasteiger partial charge in [0.2, 0.25) is 0 Å². The Kier molecular flexibility index (Phi) is 4.46. The first kappa shape index (κ1) is 15.7. The first-order valence-electron chi connectivity index (χ1n) is 6.54. The van der Waals surface area contributed by atoms with E-state index in [1.807, 2.05) is 49.3 Å². The molecule has 0 fully saturated rings. The van der Waals surface area contributed by atoms with E-state index in [1.54, 1.807) is 0 Å². The third kappa shape index (κ3) is 3.49. The molecule has 6 nitrogen and oxygen atoms in total. The Hall–Kier alpha value is -1.70. The van der Waals surface area contributed by atoms with Crippen molar-refractivity contribution in [2.45, 2.75) is 6.54 Å². The molecule has 7 heteroatoms. The molecule has 0 atom stereocenters. The van der Waals surface area contributed by atoms with E-state index in [9.17, 15) is 8.42 Å². The van der Waals surface area contributed by atoms with E-state index in [-0.39, 0.29) is 6.54 Å². The molecule has 0 aliphatic rings. The monoisotopic (exact) mass is 308 g/mol. The number of anilines is 1. The summed E-state index contributed by atoms with van der Waals surface area (Å²) in [5, 5.41) is 0.949. The summed E-state index contributed by atoms with van der Waals surface area (Å²) in [5.74, 6) is 0.799. The summed E-state index contributed by atoms with van der Waals surface area (Å²) < 4.78 is 27.4. The lowest BCUT2D eigenvalue weighted by Crippen LogP contribution is -2.35. The van der Waals surface area contributed by atoms with Gasteiger partial charge >= 0.3 is 0 Å². The summed E-state index contributed by atoms with van der Waals surface area (Å²) in [6.45, 7) is 0.227. The Balaban J connectivity index is 2.42. The molecule has 0 saturated carbocycles.